The van der Waals surface area contributed by atoms with E-state index in [1.165, 1.54) is 12.3 Å². The fraction of sp³-hybridized carbons (Fsp3) is 0. The molecule has 2 rings (SSSR count). The Balaban J connectivity index is 2.27. The first-order valence-corrected chi connectivity index (χ1v) is 4.09. The number of nitrogens with zero attached hydrogens (tertiary/aromatic N) is 2. The van der Waals surface area contributed by atoms with Crippen LogP contribution in [0.5, 0.6) is 0 Å². The summed E-state index contributed by atoms with van der Waals surface area (Å²) in [6.45, 7) is 0. The Morgan fingerprint density at radius 1 is 1.54 bits per heavy atom. The minimum Gasteiger partial charge on any atom is -0.338 e. The molecule has 0 aliphatic carbocycles. The number of carbonyl (C=O) groups is 2. The summed E-state index contributed by atoms with van der Waals surface area (Å²) < 4.78 is 4.64. The average molecular weight is 197 g/mol. The lowest BCUT2D eigenvalue weighted by Gasteiger charge is -1.85. The van der Waals surface area contributed by atoms with Crippen molar-refractivity contribution >= 4 is 29.0 Å². The maximum absolute atomic E-state index is 11.0. The molecule has 1 aromatic heterocycles. The SMILES string of the molecule is O=C1NC(=O)C(=Cc2cnno2)S1. The van der Waals surface area contributed by atoms with Crippen molar-refractivity contribution in [2.24, 2.45) is 0 Å². The average Bonchev–Trinajstić information content (AvgIpc) is 2.63. The Kier molecular flexibility index (Phi) is 1.85. The van der Waals surface area contributed by atoms with E-state index >= 15 is 0 Å². The fourth-order valence-electron chi connectivity index (χ4n) is 0.789. The highest BCUT2D eigenvalue weighted by Crippen LogP contribution is 2.24. The molecule has 0 unspecified atom stereocenters. The second kappa shape index (κ2) is 3.02. The lowest BCUT2D eigenvalue weighted by atomic mass is 10.4. The molecule has 0 atom stereocenters. The molecule has 1 N–H and O–H groups in total. The molecule has 6 nitrogen and oxygen atoms in total. The highest BCUT2D eigenvalue weighted by atomic mass is 32.2. The van der Waals surface area contributed by atoms with Gasteiger partial charge in [-0.3, -0.25) is 14.9 Å². The van der Waals surface area contributed by atoms with Crippen molar-refractivity contribution in [3.05, 3.63) is 16.9 Å². The van der Waals surface area contributed by atoms with Crippen LogP contribution in [0, 0.1) is 0 Å². The van der Waals surface area contributed by atoms with Gasteiger partial charge in [0.2, 0.25) is 0 Å². The van der Waals surface area contributed by atoms with Crippen LogP contribution in [-0.4, -0.2) is 21.5 Å². The van der Waals surface area contributed by atoms with Gasteiger partial charge >= 0.3 is 0 Å². The molecule has 0 bridgehead atoms. The molecular weight excluding hydrogens is 194 g/mol. The summed E-state index contributed by atoms with van der Waals surface area (Å²) in [4.78, 5) is 22.0. The van der Waals surface area contributed by atoms with E-state index in [1.54, 1.807) is 0 Å². The number of carbonyl (C=O) groups excluding carboxylic acids is 2. The van der Waals surface area contributed by atoms with Crippen LogP contribution in [0.4, 0.5) is 4.79 Å². The zero-order chi connectivity index (χ0) is 9.26. The molecule has 2 heterocycles. The quantitative estimate of drug-likeness (QED) is 0.655. The van der Waals surface area contributed by atoms with Crippen molar-refractivity contribution < 1.29 is 14.1 Å². The van der Waals surface area contributed by atoms with Gasteiger partial charge in [0.25, 0.3) is 11.1 Å². The summed E-state index contributed by atoms with van der Waals surface area (Å²) in [5.74, 6) is -0.0845. The molecule has 1 aliphatic heterocycles. The Hall–Kier alpha value is -1.63. The van der Waals surface area contributed by atoms with E-state index in [-0.39, 0.29) is 10.1 Å². The van der Waals surface area contributed by atoms with Crippen LogP contribution in [0.2, 0.25) is 0 Å². The van der Waals surface area contributed by atoms with Crippen molar-refractivity contribution in [2.75, 3.05) is 0 Å². The molecule has 66 valence electrons. The van der Waals surface area contributed by atoms with E-state index in [0.717, 1.165) is 11.8 Å². The number of imide groups is 1. The maximum atomic E-state index is 11.0. The maximum Gasteiger partial charge on any atom is 0.290 e. The minimum atomic E-state index is -0.425. The number of rotatable bonds is 1. The van der Waals surface area contributed by atoms with E-state index in [0.29, 0.717) is 5.76 Å². The van der Waals surface area contributed by atoms with Crippen LogP contribution in [0.25, 0.3) is 6.08 Å². The molecule has 7 heteroatoms. The van der Waals surface area contributed by atoms with Gasteiger partial charge in [0.05, 0.1) is 11.1 Å². The number of nitrogens with one attached hydrogen (secondary N) is 1. The van der Waals surface area contributed by atoms with Crippen molar-refractivity contribution in [1.82, 2.24) is 15.7 Å². The van der Waals surface area contributed by atoms with Crippen molar-refractivity contribution in [3.63, 3.8) is 0 Å². The van der Waals surface area contributed by atoms with Crippen LogP contribution in [0.15, 0.2) is 15.6 Å². The lowest BCUT2D eigenvalue weighted by Crippen LogP contribution is -2.17. The van der Waals surface area contributed by atoms with E-state index in [4.69, 9.17) is 0 Å². The second-order valence-electron chi connectivity index (χ2n) is 2.17. The highest BCUT2D eigenvalue weighted by molar-refractivity contribution is 8.18. The highest BCUT2D eigenvalue weighted by Gasteiger charge is 2.25. The summed E-state index contributed by atoms with van der Waals surface area (Å²) in [5, 5.41) is 8.36. The summed E-state index contributed by atoms with van der Waals surface area (Å²) in [6, 6.07) is 0. The van der Waals surface area contributed by atoms with Crippen molar-refractivity contribution in [3.8, 4) is 0 Å². The van der Waals surface area contributed by atoms with Gasteiger partial charge in [-0.15, -0.1) is 5.10 Å². The molecule has 0 aromatic carbocycles. The molecule has 0 radical (unpaired) electrons. The summed E-state index contributed by atoms with van der Waals surface area (Å²) >= 11 is 0.818. The molecule has 1 aliphatic rings. The molecule has 0 spiro atoms. The Bertz CT molecular complexity index is 384. The first-order valence-electron chi connectivity index (χ1n) is 3.28. The fourth-order valence-corrected chi connectivity index (χ4v) is 1.45. The molecular formula is C6H3N3O3S. The first-order chi connectivity index (χ1) is 6.25. The summed E-state index contributed by atoms with van der Waals surface area (Å²) in [5.41, 5.74) is 0. The van der Waals surface area contributed by atoms with Gasteiger partial charge in [-0.05, 0) is 11.8 Å². The van der Waals surface area contributed by atoms with E-state index in [1.807, 2.05) is 0 Å². The van der Waals surface area contributed by atoms with Crippen LogP contribution >= 0.6 is 11.8 Å². The number of thioether (sulfide) groups is 1. The Morgan fingerprint density at radius 3 is 2.92 bits per heavy atom. The third kappa shape index (κ3) is 1.59. The summed E-state index contributed by atoms with van der Waals surface area (Å²) in [7, 11) is 0. The Morgan fingerprint density at radius 2 is 2.38 bits per heavy atom. The van der Waals surface area contributed by atoms with E-state index in [2.05, 4.69) is 20.2 Å². The van der Waals surface area contributed by atoms with Gasteiger partial charge in [0.15, 0.2) is 5.76 Å². The molecule has 1 aromatic rings. The van der Waals surface area contributed by atoms with Crippen LogP contribution in [0.1, 0.15) is 5.76 Å². The smallest absolute Gasteiger partial charge is 0.290 e. The van der Waals surface area contributed by atoms with Crippen LogP contribution in [-0.2, 0) is 4.79 Å². The van der Waals surface area contributed by atoms with E-state index < -0.39 is 5.91 Å². The van der Waals surface area contributed by atoms with Crippen LogP contribution in [0.3, 0.4) is 0 Å². The predicted octanol–water partition coefficient (Wildman–Crippen LogP) is 0.393. The molecule has 0 saturated carbocycles. The molecule has 2 amide bonds. The van der Waals surface area contributed by atoms with Gasteiger partial charge in [0.1, 0.15) is 0 Å². The van der Waals surface area contributed by atoms with Gasteiger partial charge in [-0.2, -0.15) is 0 Å². The van der Waals surface area contributed by atoms with Crippen LogP contribution < -0.4 is 5.32 Å². The number of hydrogen-bond acceptors (Lipinski definition) is 6. The lowest BCUT2D eigenvalue weighted by molar-refractivity contribution is -0.115. The predicted molar refractivity (Wildman–Crippen MR) is 43.4 cm³/mol. The molecule has 13 heavy (non-hydrogen) atoms. The largest absolute Gasteiger partial charge is 0.338 e. The molecule has 1 saturated heterocycles. The zero-order valence-corrected chi connectivity index (χ0v) is 7.00. The topological polar surface area (TPSA) is 85.1 Å². The van der Waals surface area contributed by atoms with Crippen molar-refractivity contribution in [2.45, 2.75) is 0 Å². The Labute approximate surface area is 76.3 Å². The van der Waals surface area contributed by atoms with Gasteiger partial charge in [-0.1, -0.05) is 0 Å². The minimum absolute atomic E-state index is 0.281. The van der Waals surface area contributed by atoms with Crippen molar-refractivity contribution in [1.29, 1.82) is 0 Å². The third-order valence-corrected chi connectivity index (χ3v) is 2.10. The first kappa shape index (κ1) is 7.99. The monoisotopic (exact) mass is 197 g/mol. The van der Waals surface area contributed by atoms with Gasteiger partial charge < -0.3 is 4.52 Å². The van der Waals surface area contributed by atoms with Gasteiger partial charge in [-0.25, -0.2) is 0 Å². The zero-order valence-electron chi connectivity index (χ0n) is 6.18. The number of aromatic nitrogens is 2. The molecule has 1 fully saturated rings. The third-order valence-electron chi connectivity index (χ3n) is 1.29. The van der Waals surface area contributed by atoms with Gasteiger partial charge in [0, 0.05) is 11.3 Å². The number of hydrogen-bond donors (Lipinski definition) is 1. The standard InChI is InChI=1S/C6H3N3O3S/c10-5-4(13-6(11)8-5)1-3-2-7-9-12-3/h1-2H,(H,8,10,11). The second-order valence-corrected chi connectivity index (χ2v) is 3.19. The summed E-state index contributed by atoms with van der Waals surface area (Å²) in [6.07, 6.45) is 2.76. The number of amides is 2. The normalized spacial score (nSPS) is 19.5. The van der Waals surface area contributed by atoms with E-state index in [9.17, 15) is 9.59 Å².